The third-order valence-corrected chi connectivity index (χ3v) is 2.70. The third kappa shape index (κ3) is 3.92. The maximum absolute atomic E-state index is 12.1. The molecule has 1 unspecified atom stereocenters. The van der Waals surface area contributed by atoms with Crippen LogP contribution in [0.5, 0.6) is 5.75 Å². The Labute approximate surface area is 116 Å². The van der Waals surface area contributed by atoms with Crippen molar-refractivity contribution in [1.29, 1.82) is 0 Å². The van der Waals surface area contributed by atoms with Crippen LogP contribution in [0.2, 0.25) is 0 Å². The molecule has 0 saturated heterocycles. The number of aliphatic hydroxyl groups excluding tert-OH is 1. The molecule has 0 aliphatic heterocycles. The zero-order chi connectivity index (χ0) is 15.1. The number of carbonyl (C=O) groups excluding carboxylic acids is 1. The van der Waals surface area contributed by atoms with Crippen molar-refractivity contribution >= 4 is 11.6 Å². The fraction of sp³-hybridized carbons (Fsp3) is 0.462. The number of hydrogen-bond donors (Lipinski definition) is 2. The minimum absolute atomic E-state index is 0.0347. The van der Waals surface area contributed by atoms with Crippen LogP contribution in [-0.2, 0) is 0 Å². The second-order valence-corrected chi connectivity index (χ2v) is 4.11. The van der Waals surface area contributed by atoms with Gasteiger partial charge < -0.3 is 15.2 Å². The third-order valence-electron chi connectivity index (χ3n) is 2.70. The molecule has 0 spiro atoms. The van der Waals surface area contributed by atoms with Crippen molar-refractivity contribution in [2.75, 3.05) is 13.2 Å². The highest BCUT2D eigenvalue weighted by atomic mass is 16.6. The van der Waals surface area contributed by atoms with Crippen LogP contribution >= 0.6 is 0 Å². The number of amides is 1. The number of carbonyl (C=O) groups is 1. The van der Waals surface area contributed by atoms with Crippen molar-refractivity contribution in [3.05, 3.63) is 33.9 Å². The summed E-state index contributed by atoms with van der Waals surface area (Å²) in [5, 5.41) is 22.9. The molecule has 0 aromatic heterocycles. The van der Waals surface area contributed by atoms with Crippen LogP contribution < -0.4 is 10.1 Å². The quantitative estimate of drug-likeness (QED) is 0.582. The summed E-state index contributed by atoms with van der Waals surface area (Å²) >= 11 is 0. The van der Waals surface area contributed by atoms with Crippen molar-refractivity contribution in [1.82, 2.24) is 5.32 Å². The summed E-state index contributed by atoms with van der Waals surface area (Å²) in [5.74, 6) is -0.474. The van der Waals surface area contributed by atoms with Crippen molar-refractivity contribution in [3.8, 4) is 5.75 Å². The van der Waals surface area contributed by atoms with Gasteiger partial charge in [0, 0.05) is 12.6 Å². The summed E-state index contributed by atoms with van der Waals surface area (Å²) in [4.78, 5) is 22.4. The Bertz CT molecular complexity index is 490. The summed E-state index contributed by atoms with van der Waals surface area (Å²) in [5.41, 5.74) is -0.443. The number of nitro groups is 1. The monoisotopic (exact) mass is 282 g/mol. The van der Waals surface area contributed by atoms with Gasteiger partial charge in [-0.25, -0.2) is 0 Å². The Kier molecular flexibility index (Phi) is 5.92. The molecule has 0 fully saturated rings. The Morgan fingerprint density at radius 1 is 1.50 bits per heavy atom. The highest BCUT2D eigenvalue weighted by molar-refractivity contribution is 6.00. The zero-order valence-electron chi connectivity index (χ0n) is 11.5. The summed E-state index contributed by atoms with van der Waals surface area (Å²) < 4.78 is 5.25. The van der Waals surface area contributed by atoms with Gasteiger partial charge in [0.15, 0.2) is 5.56 Å². The molecule has 2 N–H and O–H groups in total. The number of hydrogen-bond acceptors (Lipinski definition) is 5. The van der Waals surface area contributed by atoms with E-state index >= 15 is 0 Å². The van der Waals surface area contributed by atoms with Crippen LogP contribution in [0.1, 0.15) is 30.6 Å². The number of nitro benzene ring substituents is 1. The summed E-state index contributed by atoms with van der Waals surface area (Å²) in [7, 11) is 0. The molecule has 7 heteroatoms. The molecular formula is C13H18N2O5. The molecule has 7 nitrogen and oxygen atoms in total. The average molecular weight is 282 g/mol. The Balaban J connectivity index is 3.05. The standard InChI is InChI=1S/C13H18N2O5/c1-3-9(16)8-14-13(17)12-10(15(18)19)6-5-7-11(12)20-4-2/h5-7,9,16H,3-4,8H2,1-2H3,(H,14,17). The van der Waals surface area contributed by atoms with Crippen LogP contribution in [0.4, 0.5) is 5.69 Å². The lowest BCUT2D eigenvalue weighted by Crippen LogP contribution is -2.32. The summed E-state index contributed by atoms with van der Waals surface area (Å²) in [6, 6.07) is 4.20. The van der Waals surface area contributed by atoms with E-state index in [0.29, 0.717) is 13.0 Å². The van der Waals surface area contributed by atoms with Crippen LogP contribution in [0, 0.1) is 10.1 Å². The molecular weight excluding hydrogens is 264 g/mol. The lowest BCUT2D eigenvalue weighted by molar-refractivity contribution is -0.385. The van der Waals surface area contributed by atoms with Gasteiger partial charge in [0.2, 0.25) is 0 Å². The first kappa shape index (κ1) is 15.9. The molecule has 0 aliphatic rings. The smallest absolute Gasteiger partial charge is 0.285 e. The topological polar surface area (TPSA) is 102 Å². The second kappa shape index (κ2) is 7.44. The number of nitrogens with one attached hydrogen (secondary N) is 1. The predicted octanol–water partition coefficient (Wildman–Crippen LogP) is 1.49. The van der Waals surface area contributed by atoms with Crippen molar-refractivity contribution < 1.29 is 19.6 Å². The van der Waals surface area contributed by atoms with E-state index in [4.69, 9.17) is 4.74 Å². The SMILES string of the molecule is CCOc1cccc([N+](=O)[O-])c1C(=O)NCC(O)CC. The van der Waals surface area contributed by atoms with Crippen LogP contribution in [0.15, 0.2) is 18.2 Å². The summed E-state index contributed by atoms with van der Waals surface area (Å²) in [6.07, 6.45) is -0.201. The first-order chi connectivity index (χ1) is 9.51. The highest BCUT2D eigenvalue weighted by Crippen LogP contribution is 2.28. The highest BCUT2D eigenvalue weighted by Gasteiger charge is 2.25. The van der Waals surface area contributed by atoms with Crippen LogP contribution in [-0.4, -0.2) is 35.2 Å². The van der Waals surface area contributed by atoms with E-state index in [2.05, 4.69) is 5.32 Å². The summed E-state index contributed by atoms with van der Waals surface area (Å²) in [6.45, 7) is 3.82. The van der Waals surface area contributed by atoms with E-state index in [1.807, 2.05) is 0 Å². The van der Waals surface area contributed by atoms with Crippen LogP contribution in [0.3, 0.4) is 0 Å². The number of rotatable bonds is 7. The molecule has 0 heterocycles. The fourth-order valence-electron chi connectivity index (χ4n) is 1.62. The van der Waals surface area contributed by atoms with Crippen molar-refractivity contribution in [2.24, 2.45) is 0 Å². The minimum atomic E-state index is -0.683. The first-order valence-corrected chi connectivity index (χ1v) is 6.37. The minimum Gasteiger partial charge on any atom is -0.493 e. The van der Waals surface area contributed by atoms with E-state index in [9.17, 15) is 20.0 Å². The molecule has 1 atom stereocenters. The van der Waals surface area contributed by atoms with Crippen molar-refractivity contribution in [3.63, 3.8) is 0 Å². The molecule has 1 aromatic rings. The van der Waals surface area contributed by atoms with Gasteiger partial charge in [-0.1, -0.05) is 13.0 Å². The number of ether oxygens (including phenoxy) is 1. The molecule has 110 valence electrons. The van der Waals surface area contributed by atoms with Gasteiger partial charge >= 0.3 is 0 Å². The fourth-order valence-corrected chi connectivity index (χ4v) is 1.62. The maximum Gasteiger partial charge on any atom is 0.285 e. The number of aliphatic hydroxyl groups is 1. The molecule has 0 aliphatic carbocycles. The van der Waals surface area contributed by atoms with Gasteiger partial charge in [-0.15, -0.1) is 0 Å². The van der Waals surface area contributed by atoms with Gasteiger partial charge in [0.25, 0.3) is 11.6 Å². The van der Waals surface area contributed by atoms with Gasteiger partial charge in [-0.2, -0.15) is 0 Å². The lowest BCUT2D eigenvalue weighted by Gasteiger charge is -2.12. The first-order valence-electron chi connectivity index (χ1n) is 6.37. The largest absolute Gasteiger partial charge is 0.493 e. The Morgan fingerprint density at radius 2 is 2.20 bits per heavy atom. The zero-order valence-corrected chi connectivity index (χ0v) is 11.5. The van der Waals surface area contributed by atoms with Gasteiger partial charge in [0.05, 0.1) is 17.6 Å². The molecule has 1 amide bonds. The Hall–Kier alpha value is -2.15. The predicted molar refractivity (Wildman–Crippen MR) is 72.9 cm³/mol. The van der Waals surface area contributed by atoms with E-state index in [1.165, 1.54) is 18.2 Å². The molecule has 20 heavy (non-hydrogen) atoms. The molecule has 0 saturated carbocycles. The number of nitrogens with zero attached hydrogens (tertiary/aromatic N) is 1. The van der Waals surface area contributed by atoms with E-state index < -0.39 is 16.9 Å². The van der Waals surface area contributed by atoms with Gasteiger partial charge in [0.1, 0.15) is 5.75 Å². The number of benzene rings is 1. The van der Waals surface area contributed by atoms with E-state index in [1.54, 1.807) is 13.8 Å². The van der Waals surface area contributed by atoms with E-state index in [0.717, 1.165) is 0 Å². The lowest BCUT2D eigenvalue weighted by atomic mass is 10.1. The normalized spacial score (nSPS) is 11.8. The molecule has 1 rings (SSSR count). The molecule has 0 bridgehead atoms. The molecule has 0 radical (unpaired) electrons. The average Bonchev–Trinajstić information content (AvgIpc) is 2.44. The second-order valence-electron chi connectivity index (χ2n) is 4.11. The molecule has 1 aromatic carbocycles. The van der Waals surface area contributed by atoms with E-state index in [-0.39, 0.29) is 23.5 Å². The Morgan fingerprint density at radius 3 is 2.75 bits per heavy atom. The van der Waals surface area contributed by atoms with Gasteiger partial charge in [-0.3, -0.25) is 14.9 Å². The van der Waals surface area contributed by atoms with Gasteiger partial charge in [-0.05, 0) is 19.4 Å². The van der Waals surface area contributed by atoms with Crippen LogP contribution in [0.25, 0.3) is 0 Å². The maximum atomic E-state index is 12.1. The van der Waals surface area contributed by atoms with Crippen molar-refractivity contribution in [2.45, 2.75) is 26.4 Å².